The van der Waals surface area contributed by atoms with Crippen molar-refractivity contribution in [3.8, 4) is 11.6 Å². The van der Waals surface area contributed by atoms with Gasteiger partial charge >= 0.3 is 0 Å². The summed E-state index contributed by atoms with van der Waals surface area (Å²) in [6, 6.07) is 13.2. The number of nitrogens with one attached hydrogen (secondary N) is 3. The first kappa shape index (κ1) is 22.1. The molecule has 5 N–H and O–H groups in total. The highest BCUT2D eigenvalue weighted by Gasteiger charge is 2.32. The second kappa shape index (κ2) is 8.40. The molecule has 0 bridgehead atoms. The second-order valence-corrected chi connectivity index (χ2v) is 9.58. The maximum absolute atomic E-state index is 6.09. The van der Waals surface area contributed by atoms with E-state index in [4.69, 9.17) is 20.4 Å². The van der Waals surface area contributed by atoms with Crippen molar-refractivity contribution in [3.05, 3.63) is 66.5 Å². The number of rotatable bonds is 5. The van der Waals surface area contributed by atoms with Gasteiger partial charge in [-0.15, -0.1) is 10.2 Å². The molecule has 4 heterocycles. The quantitative estimate of drug-likeness (QED) is 0.275. The Morgan fingerprint density at radius 1 is 1.11 bits per heavy atom. The van der Waals surface area contributed by atoms with E-state index in [2.05, 4.69) is 45.0 Å². The molecule has 0 aliphatic carbocycles. The van der Waals surface area contributed by atoms with Gasteiger partial charge in [0.05, 0.1) is 5.52 Å². The fourth-order valence-corrected chi connectivity index (χ4v) is 4.25. The van der Waals surface area contributed by atoms with Crippen LogP contribution < -0.4 is 26.4 Å². The number of hydrogen-bond acceptors (Lipinski definition) is 10. The largest absolute Gasteiger partial charge is 0.439 e. The standard InChI is InChI=1S/C25H26N10O/c1-14-8-16(5-7-19(14)36-21-10-20-34-29-13-35(20)12-28-21)30-22-17-9-15(26)4-6-18(17)31-24(32-22)23-27-11-25(2,3)33-23/h4-10,12-13,23,27,33H,11,26H2,1-3H3,(H,30,31,32). The molecule has 1 fully saturated rings. The Kier molecular flexibility index (Phi) is 5.16. The number of ether oxygens (including phenoxy) is 1. The summed E-state index contributed by atoms with van der Waals surface area (Å²) in [6.45, 7) is 7.09. The van der Waals surface area contributed by atoms with E-state index in [1.54, 1.807) is 23.1 Å². The van der Waals surface area contributed by atoms with E-state index < -0.39 is 0 Å². The first-order valence-corrected chi connectivity index (χ1v) is 11.6. The third-order valence-corrected chi connectivity index (χ3v) is 6.09. The van der Waals surface area contributed by atoms with Crippen molar-refractivity contribution >= 4 is 33.7 Å². The van der Waals surface area contributed by atoms with Crippen molar-refractivity contribution in [1.82, 2.24) is 40.2 Å². The van der Waals surface area contributed by atoms with Crippen molar-refractivity contribution in [2.75, 3.05) is 17.6 Å². The summed E-state index contributed by atoms with van der Waals surface area (Å²) < 4.78 is 7.72. The van der Waals surface area contributed by atoms with Crippen LogP contribution in [0.2, 0.25) is 0 Å². The number of fused-ring (bicyclic) bond motifs is 2. The molecule has 11 nitrogen and oxygen atoms in total. The van der Waals surface area contributed by atoms with Crippen LogP contribution in [0.25, 0.3) is 16.6 Å². The van der Waals surface area contributed by atoms with E-state index in [0.29, 0.717) is 34.6 Å². The average molecular weight is 483 g/mol. The molecule has 6 rings (SSSR count). The van der Waals surface area contributed by atoms with E-state index in [1.807, 2.05) is 43.3 Å². The van der Waals surface area contributed by atoms with Crippen LogP contribution in [0.5, 0.6) is 11.6 Å². The zero-order valence-electron chi connectivity index (χ0n) is 20.1. The highest BCUT2D eigenvalue weighted by molar-refractivity contribution is 5.93. The van der Waals surface area contributed by atoms with Crippen molar-refractivity contribution in [3.63, 3.8) is 0 Å². The maximum Gasteiger partial charge on any atom is 0.224 e. The van der Waals surface area contributed by atoms with Gasteiger partial charge in [-0.3, -0.25) is 15.0 Å². The van der Waals surface area contributed by atoms with Crippen LogP contribution in [-0.2, 0) is 0 Å². The zero-order chi connectivity index (χ0) is 24.9. The monoisotopic (exact) mass is 482 g/mol. The van der Waals surface area contributed by atoms with Gasteiger partial charge in [-0.2, -0.15) is 0 Å². The first-order valence-electron chi connectivity index (χ1n) is 11.6. The Morgan fingerprint density at radius 2 is 2.00 bits per heavy atom. The minimum absolute atomic E-state index is 0.0435. The summed E-state index contributed by atoms with van der Waals surface area (Å²) in [5.74, 6) is 2.49. The summed E-state index contributed by atoms with van der Waals surface area (Å²) in [5.41, 5.74) is 9.97. The molecule has 1 unspecified atom stereocenters. The highest BCUT2D eigenvalue weighted by atomic mass is 16.5. The van der Waals surface area contributed by atoms with Crippen LogP contribution in [0.15, 0.2) is 55.1 Å². The number of aryl methyl sites for hydroxylation is 1. The number of anilines is 3. The van der Waals surface area contributed by atoms with Gasteiger partial charge in [-0.1, -0.05) is 0 Å². The highest BCUT2D eigenvalue weighted by Crippen LogP contribution is 2.31. The average Bonchev–Trinajstić information content (AvgIpc) is 3.46. The summed E-state index contributed by atoms with van der Waals surface area (Å²) >= 11 is 0. The summed E-state index contributed by atoms with van der Waals surface area (Å²) in [4.78, 5) is 14.0. The molecule has 0 saturated carbocycles. The molecule has 11 heteroatoms. The van der Waals surface area contributed by atoms with Crippen LogP contribution in [0.4, 0.5) is 17.2 Å². The van der Waals surface area contributed by atoms with Gasteiger partial charge in [-0.05, 0) is 62.7 Å². The third-order valence-electron chi connectivity index (χ3n) is 6.09. The number of aromatic nitrogens is 6. The van der Waals surface area contributed by atoms with Gasteiger partial charge in [0.15, 0.2) is 11.5 Å². The van der Waals surface area contributed by atoms with Gasteiger partial charge < -0.3 is 15.8 Å². The molecule has 5 aromatic rings. The number of nitrogens with two attached hydrogens (primary N) is 1. The number of nitrogen functional groups attached to an aromatic ring is 1. The Bertz CT molecular complexity index is 1600. The van der Waals surface area contributed by atoms with Crippen LogP contribution in [0.1, 0.15) is 31.4 Å². The van der Waals surface area contributed by atoms with E-state index in [0.717, 1.165) is 28.7 Å². The summed E-state index contributed by atoms with van der Waals surface area (Å²) in [6.07, 6.45) is 3.07. The normalized spacial score (nSPS) is 17.0. The molecule has 36 heavy (non-hydrogen) atoms. The molecule has 0 radical (unpaired) electrons. The number of benzene rings is 2. The molecule has 1 saturated heterocycles. The maximum atomic E-state index is 6.09. The third kappa shape index (κ3) is 4.25. The minimum atomic E-state index is -0.143. The molecule has 0 amide bonds. The molecule has 1 atom stereocenters. The SMILES string of the molecule is Cc1cc(Nc2nc(C3NCC(C)(C)N3)nc3ccc(N)cc23)ccc1Oc1cc2nncn2cn1. The lowest BCUT2D eigenvalue weighted by molar-refractivity contribution is 0.439. The van der Waals surface area contributed by atoms with Crippen molar-refractivity contribution in [2.45, 2.75) is 32.5 Å². The fraction of sp³-hybridized carbons (Fsp3) is 0.240. The molecule has 3 aromatic heterocycles. The molecule has 1 aliphatic heterocycles. The summed E-state index contributed by atoms with van der Waals surface area (Å²) in [5, 5.41) is 19.2. The molecular formula is C25H26N10O. The topological polar surface area (TPSA) is 140 Å². The lowest BCUT2D eigenvalue weighted by atomic mass is 10.1. The van der Waals surface area contributed by atoms with Gasteiger partial charge in [0, 0.05) is 34.9 Å². The van der Waals surface area contributed by atoms with Crippen molar-refractivity contribution in [1.29, 1.82) is 0 Å². The Morgan fingerprint density at radius 3 is 2.81 bits per heavy atom. The lowest BCUT2D eigenvalue weighted by Crippen LogP contribution is -2.36. The van der Waals surface area contributed by atoms with Gasteiger partial charge in [0.1, 0.15) is 30.4 Å². The Balaban J connectivity index is 1.30. The second-order valence-electron chi connectivity index (χ2n) is 9.58. The van der Waals surface area contributed by atoms with E-state index in [1.165, 1.54) is 0 Å². The van der Waals surface area contributed by atoms with Crippen LogP contribution >= 0.6 is 0 Å². The van der Waals surface area contributed by atoms with Gasteiger partial charge in [0.25, 0.3) is 0 Å². The Labute approximate surface area is 207 Å². The molecular weight excluding hydrogens is 456 g/mol. The van der Waals surface area contributed by atoms with Crippen LogP contribution in [-0.4, -0.2) is 41.6 Å². The molecule has 2 aromatic carbocycles. The minimum Gasteiger partial charge on any atom is -0.439 e. The van der Waals surface area contributed by atoms with Crippen LogP contribution in [0, 0.1) is 6.92 Å². The van der Waals surface area contributed by atoms with Crippen molar-refractivity contribution < 1.29 is 4.74 Å². The van der Waals surface area contributed by atoms with E-state index >= 15 is 0 Å². The predicted octanol–water partition coefficient (Wildman–Crippen LogP) is 3.46. The number of nitrogens with zero attached hydrogens (tertiary/aromatic N) is 6. The number of hydrogen-bond donors (Lipinski definition) is 4. The first-order chi connectivity index (χ1) is 17.3. The molecule has 1 aliphatic rings. The van der Waals surface area contributed by atoms with Gasteiger partial charge in [0.2, 0.25) is 5.88 Å². The lowest BCUT2D eigenvalue weighted by Gasteiger charge is -2.19. The zero-order valence-corrected chi connectivity index (χ0v) is 20.1. The van der Waals surface area contributed by atoms with Crippen molar-refractivity contribution in [2.24, 2.45) is 0 Å². The molecule has 0 spiro atoms. The predicted molar refractivity (Wildman–Crippen MR) is 137 cm³/mol. The Hall–Kier alpha value is -4.35. The van der Waals surface area contributed by atoms with E-state index in [-0.39, 0.29) is 11.7 Å². The van der Waals surface area contributed by atoms with Gasteiger partial charge in [-0.25, -0.2) is 15.0 Å². The summed E-state index contributed by atoms with van der Waals surface area (Å²) in [7, 11) is 0. The van der Waals surface area contributed by atoms with E-state index in [9.17, 15) is 0 Å². The van der Waals surface area contributed by atoms with Crippen LogP contribution in [0.3, 0.4) is 0 Å². The fourth-order valence-electron chi connectivity index (χ4n) is 4.25. The smallest absolute Gasteiger partial charge is 0.224 e. The molecule has 182 valence electrons.